The van der Waals surface area contributed by atoms with E-state index in [0.29, 0.717) is 47.9 Å². The van der Waals surface area contributed by atoms with E-state index >= 15 is 0 Å². The van der Waals surface area contributed by atoms with Crippen LogP contribution in [0.3, 0.4) is 0 Å². The Morgan fingerprint density at radius 3 is 2.72 bits per heavy atom. The first-order chi connectivity index (χ1) is 16.3. The molecule has 32 heavy (non-hydrogen) atoms. The van der Waals surface area contributed by atoms with Crippen LogP contribution < -0.4 is 16.1 Å². The maximum atomic E-state index is 13.6. The Labute approximate surface area is 197 Å². The average Bonchev–Trinajstić information content (AvgIpc) is 2.75. The van der Waals surface area contributed by atoms with Crippen LogP contribution in [0.5, 0.6) is 0 Å². The fraction of sp³-hybridized carbons (Fsp3) is 0.524. The number of hydrogen-bond donors (Lipinski definition) is 3. The summed E-state index contributed by atoms with van der Waals surface area (Å²) in [7, 11) is 1.54. The SMILES string of the molecule is [2H]C([2H])([2H])NC(=O)C(=O)N[C@@H](C)CC1(OC)CCC2(CC1)OC(=O)NN=C2c1ccc(F)cc1Br. The molecule has 174 valence electrons. The van der Waals surface area contributed by atoms with Gasteiger partial charge in [0, 0.05) is 34.3 Å². The third kappa shape index (κ3) is 4.93. The lowest BCUT2D eigenvalue weighted by molar-refractivity contribution is -0.139. The quantitative estimate of drug-likeness (QED) is 0.520. The fourth-order valence-electron chi connectivity index (χ4n) is 4.33. The Hall–Kier alpha value is -2.53. The lowest BCUT2D eigenvalue weighted by Crippen LogP contribution is -2.56. The molecule has 3 rings (SSSR count). The monoisotopic (exact) mass is 515 g/mol. The number of likely N-dealkylation sites (N-methyl/N-ethyl adjacent to an activating group) is 1. The van der Waals surface area contributed by atoms with Gasteiger partial charge in [-0.2, -0.15) is 5.10 Å². The van der Waals surface area contributed by atoms with E-state index in [1.165, 1.54) is 19.2 Å². The maximum absolute atomic E-state index is 13.6. The molecule has 1 aliphatic carbocycles. The summed E-state index contributed by atoms with van der Waals surface area (Å²) in [5.74, 6) is -2.74. The van der Waals surface area contributed by atoms with Gasteiger partial charge in [-0.1, -0.05) is 15.9 Å². The highest BCUT2D eigenvalue weighted by Gasteiger charge is 2.51. The van der Waals surface area contributed by atoms with Crippen molar-refractivity contribution in [2.75, 3.05) is 14.1 Å². The molecule has 3 amide bonds. The van der Waals surface area contributed by atoms with Gasteiger partial charge in [-0.15, -0.1) is 0 Å². The number of methoxy groups -OCH3 is 1. The summed E-state index contributed by atoms with van der Waals surface area (Å²) >= 11 is 3.35. The van der Waals surface area contributed by atoms with Gasteiger partial charge in [0.25, 0.3) is 0 Å². The van der Waals surface area contributed by atoms with Gasteiger partial charge in [-0.25, -0.2) is 14.6 Å². The molecule has 1 aromatic carbocycles. The van der Waals surface area contributed by atoms with Crippen LogP contribution in [-0.2, 0) is 19.1 Å². The zero-order valence-corrected chi connectivity index (χ0v) is 19.2. The first-order valence-electron chi connectivity index (χ1n) is 11.5. The fourth-order valence-corrected chi connectivity index (χ4v) is 4.87. The van der Waals surface area contributed by atoms with E-state index in [4.69, 9.17) is 13.6 Å². The number of nitrogens with one attached hydrogen (secondary N) is 3. The van der Waals surface area contributed by atoms with Crippen LogP contribution >= 0.6 is 15.9 Å². The highest BCUT2D eigenvalue weighted by atomic mass is 79.9. The molecule has 0 bridgehead atoms. The minimum atomic E-state index is -2.77. The van der Waals surface area contributed by atoms with E-state index in [0.717, 1.165) is 0 Å². The molecule has 3 N–H and O–H groups in total. The van der Waals surface area contributed by atoms with Crippen molar-refractivity contribution in [3.8, 4) is 0 Å². The molecule has 11 heteroatoms. The van der Waals surface area contributed by atoms with Crippen LogP contribution in [0.1, 0.15) is 48.7 Å². The zero-order valence-electron chi connectivity index (χ0n) is 20.6. The molecule has 0 saturated heterocycles. The predicted molar refractivity (Wildman–Crippen MR) is 117 cm³/mol. The number of nitrogens with zero attached hydrogens (tertiary/aromatic N) is 1. The molecule has 2 aliphatic rings. The third-order valence-electron chi connectivity index (χ3n) is 5.94. The number of rotatable bonds is 5. The van der Waals surface area contributed by atoms with E-state index in [1.54, 1.807) is 18.3 Å². The van der Waals surface area contributed by atoms with Crippen molar-refractivity contribution < 1.29 is 32.4 Å². The van der Waals surface area contributed by atoms with E-state index < -0.39 is 47.9 Å². The minimum Gasteiger partial charge on any atom is -0.435 e. The molecule has 1 fully saturated rings. The summed E-state index contributed by atoms with van der Waals surface area (Å²) < 4.78 is 46.8. The van der Waals surface area contributed by atoms with Gasteiger partial charge in [0.15, 0.2) is 5.60 Å². The molecular weight excluding hydrogens is 487 g/mol. The number of carbonyl (C=O) groups is 3. The lowest BCUT2D eigenvalue weighted by atomic mass is 9.70. The summed E-state index contributed by atoms with van der Waals surface area (Å²) in [5, 5.41) is 8.36. The Morgan fingerprint density at radius 1 is 1.38 bits per heavy atom. The smallest absolute Gasteiger partial charge is 0.428 e. The van der Waals surface area contributed by atoms with Crippen molar-refractivity contribution in [1.82, 2.24) is 16.1 Å². The van der Waals surface area contributed by atoms with Crippen molar-refractivity contribution in [3.05, 3.63) is 34.1 Å². The van der Waals surface area contributed by atoms with Crippen molar-refractivity contribution in [2.24, 2.45) is 5.10 Å². The van der Waals surface area contributed by atoms with Crippen LogP contribution in [0.2, 0.25) is 0 Å². The lowest BCUT2D eigenvalue weighted by Gasteiger charge is -2.47. The predicted octanol–water partition coefficient (Wildman–Crippen LogP) is 2.37. The highest BCUT2D eigenvalue weighted by molar-refractivity contribution is 9.10. The van der Waals surface area contributed by atoms with Crippen LogP contribution in [0, 0.1) is 5.82 Å². The van der Waals surface area contributed by atoms with Crippen LogP contribution in [0.15, 0.2) is 27.8 Å². The molecule has 1 heterocycles. The molecule has 0 aromatic heterocycles. The van der Waals surface area contributed by atoms with Gasteiger partial charge >= 0.3 is 17.9 Å². The summed E-state index contributed by atoms with van der Waals surface area (Å²) in [6.07, 6.45) is 1.17. The summed E-state index contributed by atoms with van der Waals surface area (Å²) in [6, 6.07) is 3.63. The Bertz CT molecular complexity index is 1040. The number of halogens is 2. The molecule has 0 unspecified atom stereocenters. The van der Waals surface area contributed by atoms with E-state index in [-0.39, 0.29) is 0 Å². The molecule has 1 atom stereocenters. The second-order valence-corrected chi connectivity index (χ2v) is 8.85. The minimum absolute atomic E-state index is 0.325. The summed E-state index contributed by atoms with van der Waals surface area (Å²) in [4.78, 5) is 35.9. The largest absolute Gasteiger partial charge is 0.435 e. The summed E-state index contributed by atoms with van der Waals surface area (Å²) in [6.45, 7) is -1.09. The Morgan fingerprint density at radius 2 is 2.09 bits per heavy atom. The van der Waals surface area contributed by atoms with Gasteiger partial charge in [0.05, 0.1) is 5.60 Å². The standard InChI is InChI=1S/C21H26BrFN4O5/c1-12(25-18(29)17(28)24-2)11-20(31-3)6-8-21(9-7-20)16(26-27-19(30)32-21)14-5-4-13(23)10-15(14)22/h4-5,10,12H,6-9,11H2,1-3H3,(H,24,28)(H,25,29)(H,27,30)/t12-,20?,21?/m0/s1/i2D3. The normalized spacial score (nSPS) is 27.7. The number of hydrogen-bond acceptors (Lipinski definition) is 6. The molecule has 9 nitrogen and oxygen atoms in total. The zero-order chi connectivity index (χ0) is 26.0. The van der Waals surface area contributed by atoms with E-state index in [1.807, 2.05) is 0 Å². The van der Waals surface area contributed by atoms with Gasteiger partial charge in [-0.05, 0) is 57.2 Å². The van der Waals surface area contributed by atoms with Crippen molar-refractivity contribution in [3.63, 3.8) is 0 Å². The topological polar surface area (TPSA) is 118 Å². The molecule has 0 radical (unpaired) electrons. The maximum Gasteiger partial charge on any atom is 0.428 e. The Balaban J connectivity index is 1.73. The molecule has 1 saturated carbocycles. The van der Waals surface area contributed by atoms with Crippen molar-refractivity contribution in [2.45, 2.75) is 56.3 Å². The first kappa shape index (κ1) is 20.1. The second kappa shape index (κ2) is 9.53. The third-order valence-corrected chi connectivity index (χ3v) is 6.60. The number of ether oxygens (including phenoxy) is 2. The van der Waals surface area contributed by atoms with Gasteiger partial charge < -0.3 is 20.1 Å². The molecule has 1 spiro atoms. The average molecular weight is 516 g/mol. The van der Waals surface area contributed by atoms with Gasteiger partial charge in [0.1, 0.15) is 11.5 Å². The number of hydrazone groups is 1. The molecule has 1 aliphatic heterocycles. The van der Waals surface area contributed by atoms with Crippen LogP contribution in [0.4, 0.5) is 9.18 Å². The van der Waals surface area contributed by atoms with Crippen LogP contribution in [-0.4, -0.2) is 54.9 Å². The second-order valence-electron chi connectivity index (χ2n) is 8.00. The summed E-state index contributed by atoms with van der Waals surface area (Å²) in [5.41, 5.74) is 1.58. The van der Waals surface area contributed by atoms with Crippen molar-refractivity contribution >= 4 is 39.5 Å². The number of amides is 3. The highest BCUT2D eigenvalue weighted by Crippen LogP contribution is 2.44. The Kier molecular flexibility index (Phi) is 5.99. The van der Waals surface area contributed by atoms with Gasteiger partial charge in [0.2, 0.25) is 0 Å². The van der Waals surface area contributed by atoms with E-state index in [2.05, 4.69) is 31.8 Å². The number of carbonyl (C=O) groups excluding carboxylic acids is 3. The van der Waals surface area contributed by atoms with E-state index in [9.17, 15) is 18.8 Å². The van der Waals surface area contributed by atoms with Crippen molar-refractivity contribution in [1.29, 1.82) is 0 Å². The first-order valence-corrected chi connectivity index (χ1v) is 10.8. The number of benzene rings is 1. The molecular formula is C21H26BrFN4O5. The van der Waals surface area contributed by atoms with Gasteiger partial charge in [-0.3, -0.25) is 9.59 Å². The van der Waals surface area contributed by atoms with Crippen LogP contribution in [0.25, 0.3) is 0 Å². The molecule has 1 aromatic rings.